The Hall–Kier alpha value is -1.42. The van der Waals surface area contributed by atoms with E-state index in [1.807, 2.05) is 6.07 Å². The summed E-state index contributed by atoms with van der Waals surface area (Å²) in [6, 6.07) is 7.05. The smallest absolute Gasteiger partial charge is 0.269 e. The number of nitrogens with one attached hydrogen (secondary N) is 1. The van der Waals surface area contributed by atoms with E-state index in [1.165, 1.54) is 31.7 Å². The lowest BCUT2D eigenvalue weighted by atomic mass is 9.88. The van der Waals surface area contributed by atoms with Gasteiger partial charge in [-0.05, 0) is 30.7 Å². The molecule has 0 saturated heterocycles. The van der Waals surface area contributed by atoms with Crippen molar-refractivity contribution in [2.45, 2.75) is 45.6 Å². The van der Waals surface area contributed by atoms with Crippen molar-refractivity contribution in [2.24, 2.45) is 5.41 Å². The molecule has 1 atom stereocenters. The predicted octanol–water partition coefficient (Wildman–Crippen LogP) is 3.83. The van der Waals surface area contributed by atoms with Gasteiger partial charge in [-0.1, -0.05) is 31.9 Å². The van der Waals surface area contributed by atoms with E-state index in [2.05, 4.69) is 19.2 Å². The first kappa shape index (κ1) is 14.0. The Kier molecular flexibility index (Phi) is 4.20. The standard InChI is InChI=1S/C15H22N2O2/c1-12(16-11-15(2)8-3-4-9-15)13-6-5-7-14(10-13)17(18)19/h5-7,10,12,16H,3-4,8-9,11H2,1-2H3. The molecule has 1 fully saturated rings. The largest absolute Gasteiger partial charge is 0.310 e. The number of rotatable bonds is 5. The second-order valence-corrected chi connectivity index (χ2v) is 5.97. The molecule has 0 aliphatic heterocycles. The zero-order chi connectivity index (χ0) is 13.9. The Morgan fingerprint density at radius 3 is 2.74 bits per heavy atom. The summed E-state index contributed by atoms with van der Waals surface area (Å²) in [5.41, 5.74) is 1.55. The first-order valence-corrected chi connectivity index (χ1v) is 6.98. The molecule has 1 aliphatic carbocycles. The summed E-state index contributed by atoms with van der Waals surface area (Å²) in [6.07, 6.45) is 5.20. The zero-order valence-electron chi connectivity index (χ0n) is 11.7. The van der Waals surface area contributed by atoms with Crippen LogP contribution in [0.25, 0.3) is 0 Å². The SMILES string of the molecule is CC(NCC1(C)CCCC1)c1cccc([N+](=O)[O-])c1. The van der Waals surface area contributed by atoms with E-state index in [-0.39, 0.29) is 16.7 Å². The highest BCUT2D eigenvalue weighted by molar-refractivity contribution is 5.35. The molecule has 1 N–H and O–H groups in total. The van der Waals surface area contributed by atoms with Gasteiger partial charge < -0.3 is 5.32 Å². The van der Waals surface area contributed by atoms with Crippen molar-refractivity contribution in [3.8, 4) is 0 Å². The fourth-order valence-electron chi connectivity index (χ4n) is 2.83. The number of nitro groups is 1. The molecule has 1 saturated carbocycles. The quantitative estimate of drug-likeness (QED) is 0.648. The third-order valence-electron chi connectivity index (χ3n) is 4.23. The number of non-ortho nitro benzene ring substituents is 1. The number of nitro benzene ring substituents is 1. The molecule has 1 aromatic carbocycles. The molecule has 1 aliphatic rings. The van der Waals surface area contributed by atoms with Gasteiger partial charge in [0.2, 0.25) is 0 Å². The lowest BCUT2D eigenvalue weighted by Crippen LogP contribution is -2.31. The van der Waals surface area contributed by atoms with Gasteiger partial charge in [0.1, 0.15) is 0 Å². The fourth-order valence-corrected chi connectivity index (χ4v) is 2.83. The summed E-state index contributed by atoms with van der Waals surface area (Å²) >= 11 is 0. The predicted molar refractivity (Wildman–Crippen MR) is 76.1 cm³/mol. The van der Waals surface area contributed by atoms with Gasteiger partial charge in [0.25, 0.3) is 5.69 Å². The lowest BCUT2D eigenvalue weighted by Gasteiger charge is -2.26. The van der Waals surface area contributed by atoms with E-state index in [0.29, 0.717) is 5.41 Å². The summed E-state index contributed by atoms with van der Waals surface area (Å²) in [6.45, 7) is 5.38. The first-order chi connectivity index (χ1) is 9.00. The molecular weight excluding hydrogens is 240 g/mol. The van der Waals surface area contributed by atoms with Gasteiger partial charge >= 0.3 is 0 Å². The highest BCUT2D eigenvalue weighted by Crippen LogP contribution is 2.37. The van der Waals surface area contributed by atoms with E-state index < -0.39 is 0 Å². The van der Waals surface area contributed by atoms with Gasteiger partial charge in [-0.2, -0.15) is 0 Å². The second-order valence-electron chi connectivity index (χ2n) is 5.97. The average Bonchev–Trinajstić information content (AvgIpc) is 2.83. The molecule has 104 valence electrons. The van der Waals surface area contributed by atoms with Crippen LogP contribution in [0.5, 0.6) is 0 Å². The van der Waals surface area contributed by atoms with Crippen LogP contribution in [-0.4, -0.2) is 11.5 Å². The van der Waals surface area contributed by atoms with Crippen molar-refractivity contribution in [1.29, 1.82) is 0 Å². The highest BCUT2D eigenvalue weighted by atomic mass is 16.6. The maximum absolute atomic E-state index is 10.8. The van der Waals surface area contributed by atoms with Crippen LogP contribution >= 0.6 is 0 Å². The van der Waals surface area contributed by atoms with E-state index >= 15 is 0 Å². The Balaban J connectivity index is 1.97. The van der Waals surface area contributed by atoms with Gasteiger partial charge in [-0.25, -0.2) is 0 Å². The summed E-state index contributed by atoms with van der Waals surface area (Å²) in [5, 5.41) is 14.3. The molecular formula is C15H22N2O2. The average molecular weight is 262 g/mol. The van der Waals surface area contributed by atoms with Crippen LogP contribution in [0.2, 0.25) is 0 Å². The number of hydrogen-bond donors (Lipinski definition) is 1. The topological polar surface area (TPSA) is 55.2 Å². The van der Waals surface area contributed by atoms with Crippen molar-refractivity contribution in [2.75, 3.05) is 6.54 Å². The van der Waals surface area contributed by atoms with Gasteiger partial charge in [0, 0.05) is 24.7 Å². The number of benzene rings is 1. The minimum Gasteiger partial charge on any atom is -0.310 e. The molecule has 0 spiro atoms. The molecule has 0 bridgehead atoms. The Bertz CT molecular complexity index is 453. The van der Waals surface area contributed by atoms with Crippen LogP contribution in [0.3, 0.4) is 0 Å². The molecule has 1 unspecified atom stereocenters. The second kappa shape index (κ2) is 5.70. The third kappa shape index (κ3) is 3.53. The number of hydrogen-bond acceptors (Lipinski definition) is 3. The van der Waals surface area contributed by atoms with Crippen LogP contribution in [-0.2, 0) is 0 Å². The van der Waals surface area contributed by atoms with Gasteiger partial charge in [0.05, 0.1) is 4.92 Å². The molecule has 4 nitrogen and oxygen atoms in total. The minimum atomic E-state index is -0.339. The Labute approximate surface area is 114 Å². The Morgan fingerprint density at radius 1 is 1.42 bits per heavy atom. The summed E-state index contributed by atoms with van der Waals surface area (Å²) in [5.74, 6) is 0. The third-order valence-corrected chi connectivity index (χ3v) is 4.23. The maximum atomic E-state index is 10.8. The van der Waals surface area contributed by atoms with Crippen molar-refractivity contribution in [3.05, 3.63) is 39.9 Å². The molecule has 4 heteroatoms. The zero-order valence-corrected chi connectivity index (χ0v) is 11.7. The summed E-state index contributed by atoms with van der Waals surface area (Å²) in [7, 11) is 0. The monoisotopic (exact) mass is 262 g/mol. The molecule has 0 radical (unpaired) electrons. The lowest BCUT2D eigenvalue weighted by molar-refractivity contribution is -0.384. The van der Waals surface area contributed by atoms with E-state index in [4.69, 9.17) is 0 Å². The first-order valence-electron chi connectivity index (χ1n) is 6.98. The van der Waals surface area contributed by atoms with Crippen molar-refractivity contribution in [1.82, 2.24) is 5.32 Å². The van der Waals surface area contributed by atoms with Crippen molar-refractivity contribution < 1.29 is 4.92 Å². The van der Waals surface area contributed by atoms with Crippen LogP contribution in [0.15, 0.2) is 24.3 Å². The molecule has 0 heterocycles. The minimum absolute atomic E-state index is 0.150. The molecule has 0 amide bonds. The van der Waals surface area contributed by atoms with E-state index in [1.54, 1.807) is 12.1 Å². The van der Waals surface area contributed by atoms with Gasteiger partial charge in [0.15, 0.2) is 0 Å². The van der Waals surface area contributed by atoms with Crippen LogP contribution < -0.4 is 5.32 Å². The molecule has 19 heavy (non-hydrogen) atoms. The maximum Gasteiger partial charge on any atom is 0.269 e. The Morgan fingerprint density at radius 2 is 2.11 bits per heavy atom. The molecule has 0 aromatic heterocycles. The van der Waals surface area contributed by atoms with Crippen LogP contribution in [0.4, 0.5) is 5.69 Å². The van der Waals surface area contributed by atoms with Gasteiger partial charge in [-0.3, -0.25) is 10.1 Å². The van der Waals surface area contributed by atoms with Gasteiger partial charge in [-0.15, -0.1) is 0 Å². The molecule has 1 aromatic rings. The van der Waals surface area contributed by atoms with Crippen molar-refractivity contribution >= 4 is 5.69 Å². The van der Waals surface area contributed by atoms with Crippen molar-refractivity contribution in [3.63, 3.8) is 0 Å². The van der Waals surface area contributed by atoms with Crippen LogP contribution in [0.1, 0.15) is 51.1 Å². The number of nitrogens with zero attached hydrogens (tertiary/aromatic N) is 1. The normalized spacial score (nSPS) is 19.3. The highest BCUT2D eigenvalue weighted by Gasteiger charge is 2.28. The summed E-state index contributed by atoms with van der Waals surface area (Å²) in [4.78, 5) is 10.4. The summed E-state index contributed by atoms with van der Waals surface area (Å²) < 4.78 is 0. The molecule has 2 rings (SSSR count). The van der Waals surface area contributed by atoms with Crippen LogP contribution in [0, 0.1) is 15.5 Å². The van der Waals surface area contributed by atoms with E-state index in [0.717, 1.165) is 12.1 Å². The van der Waals surface area contributed by atoms with E-state index in [9.17, 15) is 10.1 Å². The fraction of sp³-hybridized carbons (Fsp3) is 0.600.